The second-order valence-corrected chi connectivity index (χ2v) is 5.07. The van der Waals surface area contributed by atoms with E-state index in [9.17, 15) is 4.79 Å². The second kappa shape index (κ2) is 4.78. The molecule has 0 fully saturated rings. The number of carbonyl (C=O) groups excluding carboxylic acids is 1. The number of nitrogens with one attached hydrogen (secondary N) is 1. The van der Waals surface area contributed by atoms with Crippen molar-refractivity contribution >= 4 is 22.8 Å². The summed E-state index contributed by atoms with van der Waals surface area (Å²) in [7, 11) is 0. The number of para-hydroxylation sites is 2. The van der Waals surface area contributed by atoms with Gasteiger partial charge in [-0.15, -0.1) is 11.3 Å². The molecule has 0 aliphatic carbocycles. The van der Waals surface area contributed by atoms with Crippen LogP contribution in [-0.2, 0) is 11.2 Å². The molecule has 1 unspecified atom stereocenters. The fraction of sp³-hybridized carbons (Fsp3) is 0.231. The molecular formula is C13H12N2O2S. The number of aromatic nitrogens is 1. The minimum Gasteiger partial charge on any atom is -0.479 e. The number of ketones is 1. The van der Waals surface area contributed by atoms with Crippen molar-refractivity contribution in [3.63, 3.8) is 0 Å². The lowest BCUT2D eigenvalue weighted by Gasteiger charge is -2.26. The highest BCUT2D eigenvalue weighted by molar-refractivity contribution is 7.09. The third-order valence-corrected chi connectivity index (χ3v) is 3.60. The standard InChI is InChI=1S/C13H12N2O2S/c16-11(5-9-6-14-8-18-9)13-7-15-10-3-1-2-4-12(10)17-13/h1-4,6,8,13,15H,5,7H2. The van der Waals surface area contributed by atoms with E-state index in [1.165, 1.54) is 11.3 Å². The highest BCUT2D eigenvalue weighted by atomic mass is 32.1. The number of thiazole rings is 1. The summed E-state index contributed by atoms with van der Waals surface area (Å²) < 4.78 is 5.71. The molecule has 0 radical (unpaired) electrons. The highest BCUT2D eigenvalue weighted by Crippen LogP contribution is 2.28. The number of hydrogen-bond acceptors (Lipinski definition) is 5. The van der Waals surface area contributed by atoms with Gasteiger partial charge in [-0.05, 0) is 12.1 Å². The van der Waals surface area contributed by atoms with Gasteiger partial charge in [0.1, 0.15) is 5.75 Å². The molecule has 1 aliphatic rings. The van der Waals surface area contributed by atoms with Crippen molar-refractivity contribution in [1.82, 2.24) is 4.98 Å². The van der Waals surface area contributed by atoms with E-state index in [1.54, 1.807) is 11.7 Å². The summed E-state index contributed by atoms with van der Waals surface area (Å²) in [6, 6.07) is 7.65. The fourth-order valence-corrected chi connectivity index (χ4v) is 2.51. The number of nitrogens with zero attached hydrogens (tertiary/aromatic N) is 1. The summed E-state index contributed by atoms with van der Waals surface area (Å²) >= 11 is 1.49. The maximum atomic E-state index is 12.1. The van der Waals surface area contributed by atoms with Crippen LogP contribution in [0.3, 0.4) is 0 Å². The van der Waals surface area contributed by atoms with Crippen LogP contribution in [0.1, 0.15) is 4.88 Å². The summed E-state index contributed by atoms with van der Waals surface area (Å²) in [4.78, 5) is 17.0. The summed E-state index contributed by atoms with van der Waals surface area (Å²) in [5.74, 6) is 0.827. The molecule has 1 aromatic heterocycles. The molecule has 92 valence electrons. The van der Waals surface area contributed by atoms with E-state index in [-0.39, 0.29) is 5.78 Å². The van der Waals surface area contributed by atoms with Gasteiger partial charge in [-0.3, -0.25) is 9.78 Å². The molecule has 0 saturated carbocycles. The smallest absolute Gasteiger partial charge is 0.180 e. The van der Waals surface area contributed by atoms with Gasteiger partial charge in [0.25, 0.3) is 0 Å². The van der Waals surface area contributed by atoms with E-state index in [2.05, 4.69) is 10.3 Å². The average molecular weight is 260 g/mol. The molecule has 2 aromatic rings. The molecule has 1 aliphatic heterocycles. The van der Waals surface area contributed by atoms with Gasteiger partial charge in [-0.25, -0.2) is 0 Å². The van der Waals surface area contributed by atoms with Gasteiger partial charge < -0.3 is 10.1 Å². The van der Waals surface area contributed by atoms with Crippen LogP contribution in [0, 0.1) is 0 Å². The Bertz CT molecular complexity index is 554. The van der Waals surface area contributed by atoms with Crippen molar-refractivity contribution in [2.75, 3.05) is 11.9 Å². The first-order valence-corrected chi connectivity index (χ1v) is 6.60. The van der Waals surface area contributed by atoms with E-state index < -0.39 is 6.10 Å². The molecule has 0 spiro atoms. The van der Waals surface area contributed by atoms with Crippen LogP contribution in [0.5, 0.6) is 5.75 Å². The van der Waals surface area contributed by atoms with E-state index in [4.69, 9.17) is 4.74 Å². The molecular weight excluding hydrogens is 248 g/mol. The monoisotopic (exact) mass is 260 g/mol. The summed E-state index contributed by atoms with van der Waals surface area (Å²) in [5, 5.41) is 3.22. The molecule has 4 nitrogen and oxygen atoms in total. The van der Waals surface area contributed by atoms with E-state index in [0.717, 1.165) is 16.3 Å². The molecule has 0 amide bonds. The zero-order valence-corrected chi connectivity index (χ0v) is 10.4. The van der Waals surface area contributed by atoms with Crippen molar-refractivity contribution in [2.24, 2.45) is 0 Å². The molecule has 2 heterocycles. The minimum absolute atomic E-state index is 0.0845. The number of fused-ring (bicyclic) bond motifs is 1. The topological polar surface area (TPSA) is 51.2 Å². The van der Waals surface area contributed by atoms with Crippen LogP contribution in [-0.4, -0.2) is 23.4 Å². The molecule has 18 heavy (non-hydrogen) atoms. The zero-order chi connectivity index (χ0) is 12.4. The molecule has 1 aromatic carbocycles. The predicted octanol–water partition coefficient (Wildman–Crippen LogP) is 2.13. The predicted molar refractivity (Wildman–Crippen MR) is 70.2 cm³/mol. The Morgan fingerprint density at radius 2 is 2.39 bits per heavy atom. The number of hydrogen-bond donors (Lipinski definition) is 1. The van der Waals surface area contributed by atoms with Gasteiger partial charge in [-0.2, -0.15) is 0 Å². The number of carbonyl (C=O) groups is 1. The molecule has 3 rings (SSSR count). The molecule has 1 atom stereocenters. The number of anilines is 1. The fourth-order valence-electron chi connectivity index (χ4n) is 1.91. The molecule has 1 N–H and O–H groups in total. The number of Topliss-reactive ketones (excluding diaryl/α,β-unsaturated/α-hetero) is 1. The lowest BCUT2D eigenvalue weighted by atomic mass is 10.1. The van der Waals surface area contributed by atoms with Gasteiger partial charge >= 0.3 is 0 Å². The van der Waals surface area contributed by atoms with Gasteiger partial charge in [-0.1, -0.05) is 12.1 Å². The largest absolute Gasteiger partial charge is 0.479 e. The Hall–Kier alpha value is -1.88. The quantitative estimate of drug-likeness (QED) is 0.918. The first-order chi connectivity index (χ1) is 8.83. The SMILES string of the molecule is O=C(Cc1cncs1)C1CNc2ccccc2O1. The Morgan fingerprint density at radius 3 is 3.22 bits per heavy atom. The van der Waals surface area contributed by atoms with E-state index in [0.29, 0.717) is 13.0 Å². The third-order valence-electron chi connectivity index (χ3n) is 2.83. The van der Waals surface area contributed by atoms with E-state index >= 15 is 0 Å². The highest BCUT2D eigenvalue weighted by Gasteiger charge is 2.25. The maximum Gasteiger partial charge on any atom is 0.180 e. The van der Waals surface area contributed by atoms with Crippen molar-refractivity contribution < 1.29 is 9.53 Å². The Balaban J connectivity index is 1.70. The number of ether oxygens (including phenoxy) is 1. The zero-order valence-electron chi connectivity index (χ0n) is 9.63. The van der Waals surface area contributed by atoms with Crippen molar-refractivity contribution in [1.29, 1.82) is 0 Å². The normalized spacial score (nSPS) is 17.4. The lowest BCUT2D eigenvalue weighted by Crippen LogP contribution is -2.38. The Kier molecular flexibility index (Phi) is 2.98. The molecule has 5 heteroatoms. The van der Waals surface area contributed by atoms with Crippen molar-refractivity contribution in [3.05, 3.63) is 40.8 Å². The molecule has 0 bridgehead atoms. The van der Waals surface area contributed by atoms with Crippen LogP contribution in [0.15, 0.2) is 36.0 Å². The van der Waals surface area contributed by atoms with Crippen LogP contribution in [0.25, 0.3) is 0 Å². The van der Waals surface area contributed by atoms with Crippen LogP contribution >= 0.6 is 11.3 Å². The Morgan fingerprint density at radius 1 is 1.50 bits per heavy atom. The Labute approximate surface area is 109 Å². The number of benzene rings is 1. The summed E-state index contributed by atoms with van der Waals surface area (Å²) in [5.41, 5.74) is 2.68. The van der Waals surface area contributed by atoms with Crippen molar-refractivity contribution in [3.8, 4) is 5.75 Å². The van der Waals surface area contributed by atoms with Crippen LogP contribution < -0.4 is 10.1 Å². The van der Waals surface area contributed by atoms with Gasteiger partial charge in [0.05, 0.1) is 17.7 Å². The second-order valence-electron chi connectivity index (χ2n) is 4.09. The first kappa shape index (κ1) is 11.2. The van der Waals surface area contributed by atoms with Gasteiger partial charge in [0.2, 0.25) is 0 Å². The lowest BCUT2D eigenvalue weighted by molar-refractivity contribution is -0.124. The molecule has 0 saturated heterocycles. The summed E-state index contributed by atoms with van der Waals surface area (Å²) in [6.07, 6.45) is 1.70. The maximum absolute atomic E-state index is 12.1. The minimum atomic E-state index is -0.415. The van der Waals surface area contributed by atoms with Crippen molar-refractivity contribution in [2.45, 2.75) is 12.5 Å². The van der Waals surface area contributed by atoms with Crippen LogP contribution in [0.4, 0.5) is 5.69 Å². The van der Waals surface area contributed by atoms with E-state index in [1.807, 2.05) is 24.3 Å². The number of rotatable bonds is 3. The first-order valence-electron chi connectivity index (χ1n) is 5.72. The average Bonchev–Trinajstić information content (AvgIpc) is 2.91. The van der Waals surface area contributed by atoms with Gasteiger partial charge in [0, 0.05) is 17.5 Å². The summed E-state index contributed by atoms with van der Waals surface area (Å²) in [6.45, 7) is 0.522. The van der Waals surface area contributed by atoms with Crippen LogP contribution in [0.2, 0.25) is 0 Å². The van der Waals surface area contributed by atoms with Gasteiger partial charge in [0.15, 0.2) is 11.9 Å². The third kappa shape index (κ3) is 2.22.